The van der Waals surface area contributed by atoms with E-state index in [0.717, 1.165) is 67.1 Å². The van der Waals surface area contributed by atoms with E-state index >= 15 is 0 Å². The molecule has 1 aromatic heterocycles. The molecule has 0 radical (unpaired) electrons. The second-order valence-corrected chi connectivity index (χ2v) is 22.9. The minimum absolute atomic E-state index is 0.00588. The van der Waals surface area contributed by atoms with E-state index in [2.05, 4.69) is 41.1 Å². The Morgan fingerprint density at radius 1 is 0.778 bits per heavy atom. The number of amides is 7. The Kier molecular flexibility index (Phi) is 26.0. The van der Waals surface area contributed by atoms with Crippen LogP contribution in [0.5, 0.6) is 17.2 Å². The summed E-state index contributed by atoms with van der Waals surface area (Å²) in [6.45, 7) is 2.17. The van der Waals surface area contributed by atoms with Gasteiger partial charge in [0.05, 0.1) is 43.2 Å². The summed E-state index contributed by atoms with van der Waals surface area (Å²) in [4.78, 5) is 103. The van der Waals surface area contributed by atoms with Crippen molar-refractivity contribution in [3.8, 4) is 39.8 Å². The highest BCUT2D eigenvalue weighted by atomic mass is 32.2. The van der Waals surface area contributed by atoms with Crippen molar-refractivity contribution in [1.82, 2.24) is 41.5 Å². The number of hydrogen-bond acceptors (Lipinski definition) is 24. The summed E-state index contributed by atoms with van der Waals surface area (Å²) in [5.74, 6) is -8.21. The number of carbonyl (C=O) groups excluding carboxylic acids is 7. The Hall–Kier alpha value is -7.53. The van der Waals surface area contributed by atoms with E-state index in [1.54, 1.807) is 25.3 Å². The van der Waals surface area contributed by atoms with Crippen LogP contribution in [-0.4, -0.2) is 217 Å². The minimum atomic E-state index is -2.11. The fourth-order valence-corrected chi connectivity index (χ4v) is 11.1. The molecule has 90 heavy (non-hydrogen) atoms. The van der Waals surface area contributed by atoms with Gasteiger partial charge in [-0.3, -0.25) is 33.6 Å². The molecule has 3 aromatic carbocycles. The first-order valence-corrected chi connectivity index (χ1v) is 30.1. The number of carbonyl (C=O) groups is 7. The van der Waals surface area contributed by atoms with Crippen LogP contribution in [0.1, 0.15) is 81.1 Å². The number of aliphatic hydroxyl groups excluding tert-OH is 6. The number of rotatable bonds is 24. The molecule has 0 spiro atoms. The van der Waals surface area contributed by atoms with Gasteiger partial charge in [0.25, 0.3) is 18.2 Å². The van der Waals surface area contributed by atoms with E-state index in [1.165, 1.54) is 31.2 Å². The van der Waals surface area contributed by atoms with Gasteiger partial charge in [-0.05, 0) is 86.8 Å². The molecule has 0 unspecified atom stereocenters. The van der Waals surface area contributed by atoms with Crippen molar-refractivity contribution >= 4 is 53.7 Å². The summed E-state index contributed by atoms with van der Waals surface area (Å²) < 4.78 is 26.0. The Morgan fingerprint density at radius 2 is 1.44 bits per heavy atom. The smallest absolute Gasteiger partial charge is 0.261 e. The zero-order valence-corrected chi connectivity index (χ0v) is 50.6. The number of methoxy groups -OCH3 is 1. The lowest BCUT2D eigenvalue weighted by Crippen LogP contribution is -2.64. The second-order valence-electron chi connectivity index (χ2n) is 22.5. The molecule has 3 saturated heterocycles. The van der Waals surface area contributed by atoms with E-state index in [9.17, 15) is 69.3 Å². The number of phenolic OH excluding ortho intramolecular Hbond substituents is 1. The largest absolute Gasteiger partial charge is 0.504 e. The molecule has 13 atom stereocenters. The number of aliphatic hydroxyl groups is 6. The van der Waals surface area contributed by atoms with E-state index < -0.39 is 158 Å². The first-order chi connectivity index (χ1) is 43.1. The van der Waals surface area contributed by atoms with Crippen molar-refractivity contribution in [2.45, 2.75) is 145 Å². The molecule has 15 N–H and O–H groups in total. The van der Waals surface area contributed by atoms with E-state index in [4.69, 9.17) is 29.2 Å². The van der Waals surface area contributed by atoms with Gasteiger partial charge in [0.2, 0.25) is 35.4 Å². The predicted molar refractivity (Wildman–Crippen MR) is 318 cm³/mol. The monoisotopic (exact) mass is 1280 g/mol. The van der Waals surface area contributed by atoms with Gasteiger partial charge in [-0.25, -0.2) is 5.26 Å². The van der Waals surface area contributed by atoms with Crippen molar-refractivity contribution in [3.05, 3.63) is 83.9 Å². The Morgan fingerprint density at radius 3 is 2.13 bits per heavy atom. The molecule has 4 heterocycles. The van der Waals surface area contributed by atoms with Crippen LogP contribution in [0.3, 0.4) is 0 Å². The number of hydrogen-bond donors (Lipinski definition) is 14. The summed E-state index contributed by atoms with van der Waals surface area (Å²) in [5, 5.41) is 107. The van der Waals surface area contributed by atoms with Gasteiger partial charge >= 0.3 is 0 Å². The lowest BCUT2D eigenvalue weighted by Gasteiger charge is -2.34. The fraction of sp³-hybridized carbons (Fsp3) is 0.525. The standard InChI is InChI=1S/C59H79N9O21S/c1-31-29-68-51(52(31)75)57(80)61-28-37(70)25-41(62-53(76)36-12-10-34(11-13-36)40-27-46(86-66-40)35-14-16-39(17-15-35)85-22-8-6-4-5-7-21-84-3)54(77)63-48(32(2)69)58(81)67-30-38(71)26-42(67)55(78)64-49(56(79)65-50(59(68)82)44(73)19-20-60)45(74)23-33-9-18-43(72)47(24-33)87-90-89-88-83/h9-18,24,27,31-32,37-38,41-42,44-45,48-52,69-75,83H,4-8,19-23,25-26,28-30,60H2,1-3H3,(H,61,80)(H,62,76)(H,63,77)(H,64,78)(H,65,79)/t31-,32+,37+,38+,41+,42+,44-,45-,48+,49+,50+,51+,52+/m1/s1. The summed E-state index contributed by atoms with van der Waals surface area (Å²) in [6.07, 6.45) is -7.06. The SMILES string of the molecule is COCCCCCCCOc1ccc(-c2cc(-c3ccc(C(=O)N[C@H]4C[C@H](O)CNC(=O)[C@@H]5[C@@H](O)[C@H](C)CN5C(=O)[C@H]([C@H](O)CCN)NC(=O)[C@H]([C@H](O)Cc5ccc(O)c(OSOOO)c5)NC(=O)[C@@H]5C[C@H](O)CN5C(=O)[C@H]([C@H](C)O)NC4=O)cc3)no2)cc1. The number of ether oxygens (including phenoxy) is 2. The maximum absolute atomic E-state index is 14.7. The molecule has 3 fully saturated rings. The molecule has 0 aliphatic carbocycles. The quantitative estimate of drug-likeness (QED) is 0.0179. The number of fused-ring (bicyclic) bond motifs is 2. The average molecular weight is 1280 g/mol. The Labute approximate surface area is 521 Å². The van der Waals surface area contributed by atoms with Gasteiger partial charge in [0.15, 0.2) is 17.3 Å². The van der Waals surface area contributed by atoms with Gasteiger partial charge in [-0.15, -0.1) is 0 Å². The number of nitrogens with zero attached hydrogens (tertiary/aromatic N) is 3. The highest BCUT2D eigenvalue weighted by Crippen LogP contribution is 2.32. The van der Waals surface area contributed by atoms with E-state index in [1.807, 2.05) is 24.3 Å². The molecule has 3 aliphatic rings. The van der Waals surface area contributed by atoms with E-state index in [0.29, 0.717) is 29.4 Å². The van der Waals surface area contributed by atoms with Crippen LogP contribution in [0.2, 0.25) is 0 Å². The number of benzene rings is 3. The molecule has 492 valence electrons. The number of β-amino-alcohol motifs (C(OH)–C–C–N with tert-alkyl or cyclic N) is 1. The number of phenols is 1. The fourth-order valence-electron chi connectivity index (χ4n) is 10.8. The molecule has 0 saturated carbocycles. The van der Waals surface area contributed by atoms with Gasteiger partial charge < -0.3 is 96.0 Å². The van der Waals surface area contributed by atoms with Crippen LogP contribution < -0.4 is 41.2 Å². The zero-order chi connectivity index (χ0) is 65.2. The molecule has 4 aromatic rings. The number of aromatic nitrogens is 1. The van der Waals surface area contributed by atoms with E-state index in [-0.39, 0.29) is 48.7 Å². The lowest BCUT2D eigenvalue weighted by molar-refractivity contribution is -0.433. The summed E-state index contributed by atoms with van der Waals surface area (Å²) in [5.41, 5.74) is 7.61. The average Bonchev–Trinajstić information content (AvgIpc) is 1.79. The molecule has 30 nitrogen and oxygen atoms in total. The second kappa shape index (κ2) is 33.5. The molecule has 31 heteroatoms. The van der Waals surface area contributed by atoms with Crippen LogP contribution in [0.25, 0.3) is 22.6 Å². The molecule has 7 rings (SSSR count). The van der Waals surface area contributed by atoms with Gasteiger partial charge in [-0.2, -0.15) is 0 Å². The number of aromatic hydroxyl groups is 1. The summed E-state index contributed by atoms with van der Waals surface area (Å²) in [6, 6.07) is 7.47. The third-order valence-electron chi connectivity index (χ3n) is 15.7. The van der Waals surface area contributed by atoms with Crippen molar-refractivity contribution < 1.29 is 102 Å². The van der Waals surface area contributed by atoms with Crippen LogP contribution in [0, 0.1) is 5.92 Å². The maximum atomic E-state index is 14.7. The maximum Gasteiger partial charge on any atom is 0.261 e. The molecular formula is C59H79N9O21S. The highest BCUT2D eigenvalue weighted by molar-refractivity contribution is 7.90. The number of unbranched alkanes of at least 4 members (excludes halogenated alkanes) is 4. The molecular weight excluding hydrogens is 1200 g/mol. The van der Waals surface area contributed by atoms with Crippen molar-refractivity contribution in [2.75, 3.05) is 46.5 Å². The van der Waals surface area contributed by atoms with Gasteiger partial charge in [0.1, 0.15) is 47.7 Å². The lowest BCUT2D eigenvalue weighted by atomic mass is 9.98. The van der Waals surface area contributed by atoms with Gasteiger partial charge in [0, 0.05) is 81.3 Å². The zero-order valence-electron chi connectivity index (χ0n) is 49.8. The van der Waals surface area contributed by atoms with Crippen molar-refractivity contribution in [1.29, 1.82) is 0 Å². The van der Waals surface area contributed by atoms with Crippen molar-refractivity contribution in [2.24, 2.45) is 11.7 Å². The van der Waals surface area contributed by atoms with Gasteiger partial charge in [-0.1, -0.05) is 58.9 Å². The highest BCUT2D eigenvalue weighted by Gasteiger charge is 2.50. The van der Waals surface area contributed by atoms with Crippen LogP contribution in [0.15, 0.2) is 77.3 Å². The molecule has 3 aliphatic heterocycles. The Balaban J connectivity index is 1.14. The summed E-state index contributed by atoms with van der Waals surface area (Å²) in [7, 11) is 1.69. The van der Waals surface area contributed by atoms with Crippen molar-refractivity contribution in [3.63, 3.8) is 0 Å². The first kappa shape index (κ1) is 69.9. The normalized spacial score (nSPS) is 25.0. The van der Waals surface area contributed by atoms with Crippen LogP contribution in [0.4, 0.5) is 0 Å². The predicted octanol–water partition coefficient (Wildman–Crippen LogP) is -0.650. The third-order valence-corrected chi connectivity index (χ3v) is 16.1. The first-order valence-electron chi connectivity index (χ1n) is 29.4. The summed E-state index contributed by atoms with van der Waals surface area (Å²) >= 11 is 0.0790. The number of nitrogens with two attached hydrogens (primary N) is 1. The van der Waals surface area contributed by atoms with Crippen LogP contribution in [-0.2, 0) is 49.3 Å². The minimum Gasteiger partial charge on any atom is -0.504 e. The number of nitrogens with one attached hydrogen (secondary N) is 5. The molecule has 7 amide bonds. The van der Waals surface area contributed by atoms with Crippen LogP contribution >= 0.6 is 12.3 Å². The Bertz CT molecular complexity index is 3050. The topological polar surface area (TPSA) is 446 Å². The molecule has 0 bridgehead atoms. The third kappa shape index (κ3) is 18.6.